The topological polar surface area (TPSA) is 227 Å². The first-order valence-corrected chi connectivity index (χ1v) is 24.7. The van der Waals surface area contributed by atoms with Crippen LogP contribution in [-0.2, 0) is 46.6 Å². The van der Waals surface area contributed by atoms with Crippen LogP contribution >= 0.6 is 15.9 Å². The Morgan fingerprint density at radius 2 is 1.50 bits per heavy atom. The van der Waals surface area contributed by atoms with E-state index < -0.39 is 66.2 Å². The number of likely N-dealkylation sites (tertiary alicyclic amines) is 2. The Morgan fingerprint density at radius 3 is 2.11 bits per heavy atom. The van der Waals surface area contributed by atoms with E-state index in [2.05, 4.69) is 31.9 Å². The largest absolute Gasteiger partial charge is 0.489 e. The number of ketones is 1. The van der Waals surface area contributed by atoms with Gasteiger partial charge in [-0.1, -0.05) is 86.9 Å². The van der Waals surface area contributed by atoms with Crippen LogP contribution in [0, 0.1) is 11.8 Å². The maximum atomic E-state index is 14.5. The van der Waals surface area contributed by atoms with Crippen LogP contribution in [0.15, 0.2) is 48.5 Å². The highest BCUT2D eigenvalue weighted by Gasteiger charge is 2.42. The Morgan fingerprint density at radius 1 is 0.848 bits per heavy atom. The van der Waals surface area contributed by atoms with Crippen LogP contribution in [0.5, 0.6) is 11.5 Å². The molecular weight excluding hydrogens is 912 g/mol. The second-order valence-electron chi connectivity index (χ2n) is 17.0. The van der Waals surface area contributed by atoms with E-state index in [1.54, 1.807) is 17.0 Å². The summed E-state index contributed by atoms with van der Waals surface area (Å²) in [5.74, 6) is -2.77. The summed E-state index contributed by atoms with van der Waals surface area (Å²) in [4.78, 5) is 96.3. The summed E-state index contributed by atoms with van der Waals surface area (Å²) in [6.07, 6.45) is 1.80. The number of Topliss-reactive ketones (excluding diaryl/α,β-unsaturated/α-hetero) is 1. The van der Waals surface area contributed by atoms with E-state index in [0.29, 0.717) is 94.5 Å². The zero-order valence-electron chi connectivity index (χ0n) is 39.7. The number of carbonyl (C=O) groups excluding carboxylic acids is 7. The number of benzene rings is 2. The SMILES string of the molecule is CC.CCC(C(=O)N1CCCC1C(=O)NC(CCc1ccc(OCc2ccccc2)c(OCCBr)c1)C(=O)NC(C(=O)N1CCCC1C(=O)NCCCCC(C)=O)C(O)CC(N)=O)C(C)C. The fourth-order valence-corrected chi connectivity index (χ4v) is 8.49. The maximum absolute atomic E-state index is 14.5. The number of nitrogens with one attached hydrogen (secondary N) is 3. The van der Waals surface area contributed by atoms with Gasteiger partial charge in [0, 0.05) is 37.3 Å². The minimum absolute atomic E-state index is 0.0229. The van der Waals surface area contributed by atoms with E-state index in [9.17, 15) is 38.7 Å². The number of aliphatic hydroxyl groups is 1. The van der Waals surface area contributed by atoms with Gasteiger partial charge in [0.25, 0.3) is 0 Å². The molecule has 6 amide bonds. The molecule has 2 aliphatic rings. The van der Waals surface area contributed by atoms with Gasteiger partial charge in [0.15, 0.2) is 11.5 Å². The van der Waals surface area contributed by atoms with E-state index in [1.165, 1.54) is 11.8 Å². The first-order valence-electron chi connectivity index (χ1n) is 23.6. The summed E-state index contributed by atoms with van der Waals surface area (Å²) < 4.78 is 12.1. The number of rotatable bonds is 26. The van der Waals surface area contributed by atoms with Crippen molar-refractivity contribution in [2.45, 2.75) is 149 Å². The zero-order chi connectivity index (χ0) is 48.8. The molecule has 2 saturated heterocycles. The van der Waals surface area contributed by atoms with Gasteiger partial charge in [-0.2, -0.15) is 0 Å². The van der Waals surface area contributed by atoms with Gasteiger partial charge in [-0.3, -0.25) is 28.8 Å². The number of aryl methyl sites for hydroxylation is 1. The molecule has 0 spiro atoms. The molecule has 2 aromatic rings. The first kappa shape index (κ1) is 55.3. The van der Waals surface area contributed by atoms with E-state index in [-0.39, 0.29) is 42.9 Å². The molecule has 0 saturated carbocycles. The molecule has 2 heterocycles. The minimum atomic E-state index is -1.76. The van der Waals surface area contributed by atoms with Crippen molar-refractivity contribution in [3.05, 3.63) is 59.7 Å². The lowest BCUT2D eigenvalue weighted by Gasteiger charge is -2.32. The number of nitrogens with zero attached hydrogens (tertiary/aromatic N) is 2. The van der Waals surface area contributed by atoms with Crippen molar-refractivity contribution in [2.75, 3.05) is 31.6 Å². The molecule has 0 aromatic heterocycles. The fraction of sp³-hybridized carbons (Fsp3) is 0.612. The third kappa shape index (κ3) is 17.0. The van der Waals surface area contributed by atoms with E-state index >= 15 is 0 Å². The quantitative estimate of drug-likeness (QED) is 0.0643. The third-order valence-electron chi connectivity index (χ3n) is 11.8. The van der Waals surface area contributed by atoms with Crippen LogP contribution in [0.1, 0.15) is 117 Å². The summed E-state index contributed by atoms with van der Waals surface area (Å²) in [5, 5.41) is 20.2. The van der Waals surface area contributed by atoms with Crippen molar-refractivity contribution >= 4 is 57.2 Å². The van der Waals surface area contributed by atoms with E-state index in [0.717, 1.165) is 11.1 Å². The molecule has 2 aromatic carbocycles. The van der Waals surface area contributed by atoms with Crippen molar-refractivity contribution < 1.29 is 48.1 Å². The van der Waals surface area contributed by atoms with Crippen LogP contribution in [0.2, 0.25) is 0 Å². The maximum Gasteiger partial charge on any atom is 0.248 e. The first-order chi connectivity index (χ1) is 31.6. The van der Waals surface area contributed by atoms with Crippen molar-refractivity contribution in [1.29, 1.82) is 0 Å². The molecule has 0 aliphatic carbocycles. The summed E-state index contributed by atoms with van der Waals surface area (Å²) >= 11 is 3.40. The average Bonchev–Trinajstić information content (AvgIpc) is 4.00. The number of primary amides is 1. The van der Waals surface area contributed by atoms with Gasteiger partial charge in [-0.05, 0) is 93.9 Å². The molecule has 4 rings (SSSR count). The average molecular weight is 986 g/mol. The monoisotopic (exact) mass is 984 g/mol. The number of halogens is 1. The summed E-state index contributed by atoms with van der Waals surface area (Å²) in [5.41, 5.74) is 7.17. The predicted octanol–water partition coefficient (Wildman–Crippen LogP) is 4.74. The number of unbranched alkanes of at least 4 members (excludes halogenated alkanes) is 1. The molecule has 2 aliphatic heterocycles. The number of nitrogens with two attached hydrogens (primary N) is 1. The standard InChI is InChI=1S/C47H67BrN6O10.C2H6/c1-5-34(30(2)3)46(61)53-24-12-17-37(53)45(60)51-35(20-18-32-19-21-39(40(27-32)63-26-22-48)64-29-33-14-7-6-8-15-33)43(58)52-42(38(56)28-41(49)57)47(62)54-25-11-16-36(54)44(59)50-23-10-9-13-31(4)55;1-2/h6-8,14-15,19,21,27,30,34-38,42,56H,5,9-13,16-18,20,22-26,28-29H2,1-4H3,(H2,49,57)(H,50,59)(H,51,60)(H,52,58);1-2H3. The number of amides is 6. The van der Waals surface area contributed by atoms with E-state index in [4.69, 9.17) is 15.2 Å². The highest BCUT2D eigenvalue weighted by atomic mass is 79.9. The fourth-order valence-electron chi connectivity index (χ4n) is 8.33. The summed E-state index contributed by atoms with van der Waals surface area (Å²) in [6.45, 7) is 12.9. The van der Waals surface area contributed by atoms with Crippen molar-refractivity contribution in [3.63, 3.8) is 0 Å². The second-order valence-corrected chi connectivity index (χ2v) is 17.8. The lowest BCUT2D eigenvalue weighted by atomic mass is 9.91. The van der Waals surface area contributed by atoms with Gasteiger partial charge in [0.05, 0.1) is 19.1 Å². The highest BCUT2D eigenvalue weighted by molar-refractivity contribution is 9.09. The lowest BCUT2D eigenvalue weighted by Crippen LogP contribution is -2.61. The smallest absolute Gasteiger partial charge is 0.248 e. The van der Waals surface area contributed by atoms with Crippen LogP contribution in [0.4, 0.5) is 0 Å². The van der Waals surface area contributed by atoms with Crippen LogP contribution < -0.4 is 31.2 Å². The molecule has 6 unspecified atom stereocenters. The van der Waals surface area contributed by atoms with Gasteiger partial charge < -0.3 is 50.9 Å². The molecule has 16 nitrogen and oxygen atoms in total. The van der Waals surface area contributed by atoms with Crippen LogP contribution in [0.25, 0.3) is 0 Å². The summed E-state index contributed by atoms with van der Waals surface area (Å²) in [6, 6.07) is 10.4. The Bertz CT molecular complexity index is 1900. The van der Waals surface area contributed by atoms with Crippen molar-refractivity contribution in [2.24, 2.45) is 17.6 Å². The molecule has 0 radical (unpaired) electrons. The number of carbonyl (C=O) groups is 7. The molecule has 6 atom stereocenters. The molecule has 2 fully saturated rings. The van der Waals surface area contributed by atoms with Gasteiger partial charge in [0.2, 0.25) is 35.4 Å². The van der Waals surface area contributed by atoms with Crippen LogP contribution in [0.3, 0.4) is 0 Å². The van der Waals surface area contributed by atoms with Gasteiger partial charge in [-0.15, -0.1) is 0 Å². The van der Waals surface area contributed by atoms with Crippen LogP contribution in [-0.4, -0.2) is 118 Å². The normalized spacial score (nSPS) is 17.4. The lowest BCUT2D eigenvalue weighted by molar-refractivity contribution is -0.145. The predicted molar refractivity (Wildman–Crippen MR) is 255 cm³/mol. The minimum Gasteiger partial charge on any atom is -0.489 e. The number of hydrogen-bond acceptors (Lipinski definition) is 10. The van der Waals surface area contributed by atoms with Gasteiger partial charge >= 0.3 is 0 Å². The van der Waals surface area contributed by atoms with Gasteiger partial charge in [-0.25, -0.2) is 0 Å². The zero-order valence-corrected chi connectivity index (χ0v) is 41.2. The summed E-state index contributed by atoms with van der Waals surface area (Å²) in [7, 11) is 0. The number of ether oxygens (including phenoxy) is 2. The molecule has 366 valence electrons. The second kappa shape index (κ2) is 28.9. The molecule has 6 N–H and O–H groups in total. The number of hydrogen-bond donors (Lipinski definition) is 5. The third-order valence-corrected chi connectivity index (χ3v) is 12.1. The molecular formula is C49H73BrN6O10. The Balaban J connectivity index is 0.00000570. The van der Waals surface area contributed by atoms with E-state index in [1.807, 2.05) is 71.0 Å². The highest BCUT2D eigenvalue weighted by Crippen LogP contribution is 2.31. The van der Waals surface area contributed by atoms with Crippen molar-refractivity contribution in [3.8, 4) is 11.5 Å². The van der Waals surface area contributed by atoms with Crippen molar-refractivity contribution in [1.82, 2.24) is 25.8 Å². The number of aliphatic hydroxyl groups excluding tert-OH is 1. The molecule has 17 heteroatoms. The van der Waals surface area contributed by atoms with Gasteiger partial charge in [0.1, 0.15) is 36.6 Å². The Labute approximate surface area is 399 Å². The molecule has 66 heavy (non-hydrogen) atoms. The Kier molecular flexibility index (Phi) is 24.2. The molecule has 0 bridgehead atoms. The number of alkyl halides is 1. The Hall–Kier alpha value is -5.03.